The maximum absolute atomic E-state index is 12.0. The van der Waals surface area contributed by atoms with Crippen LogP contribution < -0.4 is 11.1 Å². The van der Waals surface area contributed by atoms with E-state index in [1.54, 1.807) is 0 Å². The van der Waals surface area contributed by atoms with Crippen molar-refractivity contribution in [3.05, 3.63) is 34.3 Å². The summed E-state index contributed by atoms with van der Waals surface area (Å²) in [5.74, 6) is 0.0338. The molecule has 108 valence electrons. The van der Waals surface area contributed by atoms with Gasteiger partial charge in [-0.25, -0.2) is 0 Å². The van der Waals surface area contributed by atoms with Gasteiger partial charge in [0.1, 0.15) is 0 Å². The van der Waals surface area contributed by atoms with Gasteiger partial charge < -0.3 is 11.1 Å². The van der Waals surface area contributed by atoms with Gasteiger partial charge in [-0.3, -0.25) is 4.79 Å². The van der Waals surface area contributed by atoms with Crippen LogP contribution in [0.15, 0.2) is 28.7 Å². The van der Waals surface area contributed by atoms with Crippen molar-refractivity contribution in [3.63, 3.8) is 0 Å². The number of amides is 1. The Morgan fingerprint density at radius 1 is 1.26 bits per heavy atom. The second kappa shape index (κ2) is 8.56. The lowest BCUT2D eigenvalue weighted by atomic mass is 9.92. The highest BCUT2D eigenvalue weighted by atomic mass is 79.9. The summed E-state index contributed by atoms with van der Waals surface area (Å²) < 4.78 is 1.02. The van der Waals surface area contributed by atoms with Crippen LogP contribution in [0.25, 0.3) is 0 Å². The molecule has 1 aromatic rings. The molecule has 1 aromatic carbocycles. The molecule has 0 spiro atoms. The summed E-state index contributed by atoms with van der Waals surface area (Å²) >= 11 is 3.38. The molecule has 5 heteroatoms. The Balaban J connectivity index is 0.00000324. The van der Waals surface area contributed by atoms with Gasteiger partial charge in [-0.2, -0.15) is 0 Å². The van der Waals surface area contributed by atoms with E-state index in [9.17, 15) is 4.79 Å². The highest BCUT2D eigenvalue weighted by Crippen LogP contribution is 2.14. The molecular weight excluding hydrogens is 328 g/mol. The van der Waals surface area contributed by atoms with Gasteiger partial charge in [-0.1, -0.05) is 41.9 Å². The minimum Gasteiger partial charge on any atom is -0.349 e. The second-order valence-corrected chi connectivity index (χ2v) is 5.46. The van der Waals surface area contributed by atoms with E-state index in [1.165, 1.54) is 0 Å². The average Bonchev–Trinajstić information content (AvgIpc) is 2.39. The number of carbonyl (C=O) groups is 1. The Kier molecular flexibility index (Phi) is 8.30. The molecule has 0 saturated carbocycles. The van der Waals surface area contributed by atoms with E-state index < -0.39 is 0 Å². The molecule has 1 rings (SSSR count). The molecule has 0 aliphatic carbocycles. The van der Waals surface area contributed by atoms with Crippen LogP contribution in [0.3, 0.4) is 0 Å². The monoisotopic (exact) mass is 348 g/mol. The Hall–Kier alpha value is -0.580. The van der Waals surface area contributed by atoms with Gasteiger partial charge in [-0.15, -0.1) is 12.4 Å². The van der Waals surface area contributed by atoms with E-state index in [0.29, 0.717) is 13.0 Å². The van der Waals surface area contributed by atoms with E-state index in [4.69, 9.17) is 5.73 Å². The summed E-state index contributed by atoms with van der Waals surface area (Å²) in [7, 11) is 0. The largest absolute Gasteiger partial charge is 0.349 e. The summed E-state index contributed by atoms with van der Waals surface area (Å²) in [6.07, 6.45) is 2.10. The first-order valence-corrected chi connectivity index (χ1v) is 7.10. The number of halogens is 2. The Bertz CT molecular complexity index is 383. The predicted octanol–water partition coefficient (Wildman–Crippen LogP) is 3.05. The fourth-order valence-electron chi connectivity index (χ4n) is 1.89. The molecule has 0 aromatic heterocycles. The topological polar surface area (TPSA) is 55.1 Å². The zero-order valence-corrected chi connectivity index (χ0v) is 13.8. The van der Waals surface area contributed by atoms with Gasteiger partial charge in [-0.05, 0) is 30.5 Å². The van der Waals surface area contributed by atoms with E-state index in [1.807, 2.05) is 24.3 Å². The van der Waals surface area contributed by atoms with Crippen molar-refractivity contribution < 1.29 is 4.79 Å². The third kappa shape index (κ3) is 5.51. The summed E-state index contributed by atoms with van der Waals surface area (Å²) in [6.45, 7) is 4.58. The van der Waals surface area contributed by atoms with Crippen LogP contribution in [0.4, 0.5) is 0 Å². The first-order valence-electron chi connectivity index (χ1n) is 6.30. The third-order valence-corrected chi connectivity index (χ3v) is 3.96. The van der Waals surface area contributed by atoms with E-state index in [0.717, 1.165) is 22.9 Å². The molecule has 0 unspecified atom stereocenters. The molecule has 0 atom stereocenters. The fraction of sp³-hybridized carbons (Fsp3) is 0.500. The van der Waals surface area contributed by atoms with Gasteiger partial charge in [0.15, 0.2) is 0 Å². The van der Waals surface area contributed by atoms with Crippen LogP contribution in [0.1, 0.15) is 32.3 Å². The molecule has 0 heterocycles. The minimum atomic E-state index is -0.257. The first-order chi connectivity index (χ1) is 8.55. The molecular formula is C14H22BrClN2O. The highest BCUT2D eigenvalue weighted by Gasteiger charge is 2.25. The van der Waals surface area contributed by atoms with Crippen LogP contribution in [-0.4, -0.2) is 18.0 Å². The van der Waals surface area contributed by atoms with Gasteiger partial charge >= 0.3 is 0 Å². The molecule has 0 aliphatic heterocycles. The SMILES string of the molecule is CCC(CC)(CN)NC(=O)Cc1ccc(Br)cc1.Cl. The van der Waals surface area contributed by atoms with E-state index in [2.05, 4.69) is 35.1 Å². The second-order valence-electron chi connectivity index (χ2n) is 4.54. The summed E-state index contributed by atoms with van der Waals surface area (Å²) in [5.41, 5.74) is 6.52. The van der Waals surface area contributed by atoms with Crippen LogP contribution in [0.2, 0.25) is 0 Å². The minimum absolute atomic E-state index is 0. The molecule has 0 bridgehead atoms. The van der Waals surface area contributed by atoms with Crippen molar-refractivity contribution in [2.75, 3.05) is 6.54 Å². The highest BCUT2D eigenvalue weighted by molar-refractivity contribution is 9.10. The number of benzene rings is 1. The number of hydrogen-bond acceptors (Lipinski definition) is 2. The summed E-state index contributed by atoms with van der Waals surface area (Å²) in [4.78, 5) is 12.0. The van der Waals surface area contributed by atoms with Crippen molar-refractivity contribution in [2.24, 2.45) is 5.73 Å². The molecule has 0 saturated heterocycles. The number of rotatable bonds is 6. The van der Waals surface area contributed by atoms with Crippen LogP contribution in [-0.2, 0) is 11.2 Å². The molecule has 19 heavy (non-hydrogen) atoms. The zero-order chi connectivity index (χ0) is 13.6. The van der Waals surface area contributed by atoms with Gasteiger partial charge in [0, 0.05) is 11.0 Å². The first kappa shape index (κ1) is 18.4. The molecule has 3 N–H and O–H groups in total. The van der Waals surface area contributed by atoms with E-state index >= 15 is 0 Å². The Morgan fingerprint density at radius 2 is 1.79 bits per heavy atom. The maximum atomic E-state index is 12.0. The Labute approximate surface area is 129 Å². The number of carbonyl (C=O) groups excluding carboxylic acids is 1. The van der Waals surface area contributed by atoms with Crippen LogP contribution in [0, 0.1) is 0 Å². The van der Waals surface area contributed by atoms with Crippen LogP contribution in [0.5, 0.6) is 0 Å². The smallest absolute Gasteiger partial charge is 0.224 e. The number of nitrogens with one attached hydrogen (secondary N) is 1. The number of hydrogen-bond donors (Lipinski definition) is 2. The van der Waals surface area contributed by atoms with Crippen molar-refractivity contribution in [2.45, 2.75) is 38.6 Å². The molecule has 0 fully saturated rings. The fourth-order valence-corrected chi connectivity index (χ4v) is 2.16. The Morgan fingerprint density at radius 3 is 2.21 bits per heavy atom. The summed E-state index contributed by atoms with van der Waals surface area (Å²) in [5, 5.41) is 3.07. The van der Waals surface area contributed by atoms with Gasteiger partial charge in [0.25, 0.3) is 0 Å². The normalized spacial score (nSPS) is 10.7. The van der Waals surface area contributed by atoms with Gasteiger partial charge in [0.2, 0.25) is 5.91 Å². The van der Waals surface area contributed by atoms with Crippen LogP contribution >= 0.6 is 28.3 Å². The maximum Gasteiger partial charge on any atom is 0.224 e. The summed E-state index contributed by atoms with van der Waals surface area (Å²) in [6, 6.07) is 7.79. The number of nitrogens with two attached hydrogens (primary N) is 1. The zero-order valence-electron chi connectivity index (χ0n) is 11.4. The van der Waals surface area contributed by atoms with Crippen molar-refractivity contribution in [1.82, 2.24) is 5.32 Å². The van der Waals surface area contributed by atoms with Crippen molar-refractivity contribution in [1.29, 1.82) is 0 Å². The lowest BCUT2D eigenvalue weighted by molar-refractivity contribution is -0.122. The molecule has 0 aliphatic rings. The standard InChI is InChI=1S/C14H21BrN2O.ClH/c1-3-14(4-2,10-16)17-13(18)9-11-5-7-12(15)8-6-11;/h5-8H,3-4,9-10,16H2,1-2H3,(H,17,18);1H. The average molecular weight is 350 g/mol. The molecule has 3 nitrogen and oxygen atoms in total. The lowest BCUT2D eigenvalue weighted by Gasteiger charge is -2.31. The molecule has 1 amide bonds. The van der Waals surface area contributed by atoms with Crippen molar-refractivity contribution in [3.8, 4) is 0 Å². The third-order valence-electron chi connectivity index (χ3n) is 3.43. The predicted molar refractivity (Wildman–Crippen MR) is 85.6 cm³/mol. The lowest BCUT2D eigenvalue weighted by Crippen LogP contribution is -2.53. The molecule has 0 radical (unpaired) electrons. The quantitative estimate of drug-likeness (QED) is 0.829. The van der Waals surface area contributed by atoms with Crippen molar-refractivity contribution >= 4 is 34.2 Å². The van der Waals surface area contributed by atoms with Gasteiger partial charge in [0.05, 0.1) is 12.0 Å². The van der Waals surface area contributed by atoms with E-state index in [-0.39, 0.29) is 23.9 Å².